The summed E-state index contributed by atoms with van der Waals surface area (Å²) in [7, 11) is 3.27. The fraction of sp³-hybridized carbons (Fsp3) is 0.120. The van der Waals surface area contributed by atoms with Gasteiger partial charge >= 0.3 is 0 Å². The first-order chi connectivity index (χ1) is 13.7. The van der Waals surface area contributed by atoms with E-state index in [1.54, 1.807) is 14.2 Å². The Morgan fingerprint density at radius 1 is 0.607 bits per heavy atom. The molecule has 28 heavy (non-hydrogen) atoms. The standard InChI is InChI=1S/C25H22O3/c1-27-21-14-10-19(11-15-21)25(26,20-12-16-22(28-2)17-13-20)24-9-5-7-18-6-3-4-8-23(18)24/h3-17,26H,1-2H3. The molecular weight excluding hydrogens is 348 g/mol. The van der Waals surface area contributed by atoms with Crippen LogP contribution in [0, 0.1) is 0 Å². The fourth-order valence-corrected chi connectivity index (χ4v) is 3.68. The fourth-order valence-electron chi connectivity index (χ4n) is 3.68. The van der Waals surface area contributed by atoms with Gasteiger partial charge in [-0.15, -0.1) is 0 Å². The van der Waals surface area contributed by atoms with Gasteiger partial charge in [0.2, 0.25) is 0 Å². The van der Waals surface area contributed by atoms with E-state index in [2.05, 4.69) is 12.1 Å². The van der Waals surface area contributed by atoms with Crippen LogP contribution in [0.15, 0.2) is 91.0 Å². The third-order valence-electron chi connectivity index (χ3n) is 5.20. The molecule has 0 radical (unpaired) electrons. The highest BCUT2D eigenvalue weighted by Crippen LogP contribution is 2.41. The Morgan fingerprint density at radius 2 is 1.11 bits per heavy atom. The normalized spacial score (nSPS) is 11.4. The lowest BCUT2D eigenvalue weighted by atomic mass is 9.78. The summed E-state index contributed by atoms with van der Waals surface area (Å²) in [5.41, 5.74) is 1.06. The Morgan fingerprint density at radius 3 is 1.64 bits per heavy atom. The predicted molar refractivity (Wildman–Crippen MR) is 112 cm³/mol. The van der Waals surface area contributed by atoms with Gasteiger partial charge in [0.1, 0.15) is 17.1 Å². The molecule has 4 rings (SSSR count). The van der Waals surface area contributed by atoms with Crippen LogP contribution in [0.4, 0.5) is 0 Å². The van der Waals surface area contributed by atoms with Crippen molar-refractivity contribution in [1.82, 2.24) is 0 Å². The van der Waals surface area contributed by atoms with Gasteiger partial charge in [-0.05, 0) is 46.2 Å². The van der Waals surface area contributed by atoms with Crippen molar-refractivity contribution in [2.24, 2.45) is 0 Å². The van der Waals surface area contributed by atoms with Gasteiger partial charge in [-0.2, -0.15) is 0 Å². The van der Waals surface area contributed by atoms with Crippen molar-refractivity contribution in [2.75, 3.05) is 14.2 Å². The van der Waals surface area contributed by atoms with Crippen molar-refractivity contribution in [2.45, 2.75) is 5.60 Å². The number of fused-ring (bicyclic) bond motifs is 1. The van der Waals surface area contributed by atoms with Crippen LogP contribution in [-0.4, -0.2) is 19.3 Å². The van der Waals surface area contributed by atoms with Crippen LogP contribution < -0.4 is 9.47 Å². The Bertz CT molecular complexity index is 1030. The predicted octanol–water partition coefficient (Wildman–Crippen LogP) is 5.14. The molecule has 4 aromatic rings. The van der Waals surface area contributed by atoms with Crippen LogP contribution in [0.1, 0.15) is 16.7 Å². The van der Waals surface area contributed by atoms with Crippen molar-refractivity contribution in [3.8, 4) is 11.5 Å². The van der Waals surface area contributed by atoms with Gasteiger partial charge in [-0.1, -0.05) is 66.7 Å². The maximum atomic E-state index is 12.2. The molecule has 0 aromatic heterocycles. The lowest BCUT2D eigenvalue weighted by molar-refractivity contribution is 0.127. The molecule has 0 aliphatic rings. The summed E-state index contributed by atoms with van der Waals surface area (Å²) in [5.74, 6) is 1.50. The molecule has 0 fully saturated rings. The summed E-state index contributed by atoms with van der Waals surface area (Å²) in [6.07, 6.45) is 0. The van der Waals surface area contributed by atoms with Gasteiger partial charge in [-0.25, -0.2) is 0 Å². The van der Waals surface area contributed by atoms with Gasteiger partial charge in [-0.3, -0.25) is 0 Å². The summed E-state index contributed by atoms with van der Waals surface area (Å²) in [5, 5.41) is 14.3. The molecule has 140 valence electrons. The lowest BCUT2D eigenvalue weighted by Gasteiger charge is -2.31. The molecular formula is C25H22O3. The van der Waals surface area contributed by atoms with Crippen molar-refractivity contribution in [1.29, 1.82) is 0 Å². The second kappa shape index (κ2) is 7.37. The van der Waals surface area contributed by atoms with E-state index in [1.807, 2.05) is 78.9 Å². The van der Waals surface area contributed by atoms with Crippen molar-refractivity contribution in [3.63, 3.8) is 0 Å². The number of rotatable bonds is 5. The molecule has 0 bridgehead atoms. The van der Waals surface area contributed by atoms with E-state index >= 15 is 0 Å². The lowest BCUT2D eigenvalue weighted by Crippen LogP contribution is -2.29. The highest BCUT2D eigenvalue weighted by molar-refractivity contribution is 5.87. The smallest absolute Gasteiger partial charge is 0.141 e. The first kappa shape index (κ1) is 18.1. The third kappa shape index (κ3) is 3.00. The van der Waals surface area contributed by atoms with E-state index in [0.717, 1.165) is 39.0 Å². The van der Waals surface area contributed by atoms with E-state index in [9.17, 15) is 5.11 Å². The van der Waals surface area contributed by atoms with Gasteiger partial charge in [0, 0.05) is 5.56 Å². The first-order valence-corrected chi connectivity index (χ1v) is 9.16. The summed E-state index contributed by atoms with van der Waals surface area (Å²) < 4.78 is 10.6. The molecule has 0 spiro atoms. The van der Waals surface area contributed by atoms with Crippen LogP contribution >= 0.6 is 0 Å². The maximum Gasteiger partial charge on any atom is 0.141 e. The molecule has 0 unspecified atom stereocenters. The second-order valence-corrected chi connectivity index (χ2v) is 6.69. The number of methoxy groups -OCH3 is 2. The molecule has 0 saturated carbocycles. The average Bonchev–Trinajstić information content (AvgIpc) is 2.78. The molecule has 1 N–H and O–H groups in total. The first-order valence-electron chi connectivity index (χ1n) is 9.16. The van der Waals surface area contributed by atoms with Crippen molar-refractivity contribution in [3.05, 3.63) is 108 Å². The average molecular weight is 370 g/mol. The molecule has 3 nitrogen and oxygen atoms in total. The van der Waals surface area contributed by atoms with E-state index in [-0.39, 0.29) is 0 Å². The van der Waals surface area contributed by atoms with E-state index < -0.39 is 5.60 Å². The van der Waals surface area contributed by atoms with Crippen molar-refractivity contribution < 1.29 is 14.6 Å². The van der Waals surface area contributed by atoms with Gasteiger partial charge in [0.15, 0.2) is 0 Å². The monoisotopic (exact) mass is 370 g/mol. The summed E-state index contributed by atoms with van der Waals surface area (Å²) in [6.45, 7) is 0. The molecule has 0 aliphatic heterocycles. The molecule has 0 saturated heterocycles. The van der Waals surface area contributed by atoms with Crippen molar-refractivity contribution >= 4 is 10.8 Å². The minimum absolute atomic E-state index is 0.749. The Labute approximate surface area is 164 Å². The van der Waals surface area contributed by atoms with Gasteiger partial charge < -0.3 is 14.6 Å². The molecule has 0 amide bonds. The minimum Gasteiger partial charge on any atom is -0.497 e. The topological polar surface area (TPSA) is 38.7 Å². The zero-order valence-corrected chi connectivity index (χ0v) is 15.9. The third-order valence-corrected chi connectivity index (χ3v) is 5.20. The Balaban J connectivity index is 1.99. The number of benzene rings is 4. The zero-order chi connectivity index (χ0) is 19.6. The molecule has 0 aliphatic carbocycles. The summed E-state index contributed by atoms with van der Waals surface area (Å²) in [4.78, 5) is 0. The quantitative estimate of drug-likeness (QED) is 0.494. The summed E-state index contributed by atoms with van der Waals surface area (Å²) >= 11 is 0. The van der Waals surface area contributed by atoms with Crippen LogP contribution in [0.25, 0.3) is 10.8 Å². The molecule has 4 aromatic carbocycles. The maximum absolute atomic E-state index is 12.2. The van der Waals surface area contributed by atoms with Crippen LogP contribution in [-0.2, 0) is 5.60 Å². The van der Waals surface area contributed by atoms with Gasteiger partial charge in [0.05, 0.1) is 14.2 Å². The zero-order valence-electron chi connectivity index (χ0n) is 15.9. The van der Waals surface area contributed by atoms with Crippen LogP contribution in [0.3, 0.4) is 0 Å². The second-order valence-electron chi connectivity index (χ2n) is 6.69. The van der Waals surface area contributed by atoms with Gasteiger partial charge in [0.25, 0.3) is 0 Å². The molecule has 0 heterocycles. The van der Waals surface area contributed by atoms with E-state index in [1.165, 1.54) is 0 Å². The largest absolute Gasteiger partial charge is 0.497 e. The molecule has 0 atom stereocenters. The number of ether oxygens (including phenoxy) is 2. The Hall–Kier alpha value is -3.30. The number of aliphatic hydroxyl groups is 1. The SMILES string of the molecule is COc1ccc(C(O)(c2ccc(OC)cc2)c2cccc3ccccc23)cc1. The van der Waals surface area contributed by atoms with E-state index in [0.29, 0.717) is 0 Å². The number of hydrogen-bond donors (Lipinski definition) is 1. The highest BCUT2D eigenvalue weighted by atomic mass is 16.5. The number of hydrogen-bond acceptors (Lipinski definition) is 3. The van der Waals surface area contributed by atoms with Crippen LogP contribution in [0.5, 0.6) is 11.5 Å². The highest BCUT2D eigenvalue weighted by Gasteiger charge is 2.35. The van der Waals surface area contributed by atoms with E-state index in [4.69, 9.17) is 9.47 Å². The minimum atomic E-state index is -1.32. The molecule has 3 heteroatoms. The Kier molecular flexibility index (Phi) is 4.76. The summed E-state index contributed by atoms with van der Waals surface area (Å²) in [6, 6.07) is 29.2. The van der Waals surface area contributed by atoms with Crippen LogP contribution in [0.2, 0.25) is 0 Å².